The molecule has 2 heteroatoms. The van der Waals surface area contributed by atoms with Gasteiger partial charge in [-0.3, -0.25) is 0 Å². The van der Waals surface area contributed by atoms with Crippen molar-refractivity contribution in [3.05, 3.63) is 76.3 Å². The molecular formula is C18H20ClN. The number of anilines is 1. The maximum atomic E-state index is 6.06. The fourth-order valence-corrected chi connectivity index (χ4v) is 2.58. The number of nitrogen functional groups attached to an aromatic ring is 1. The molecule has 0 unspecified atom stereocenters. The highest BCUT2D eigenvalue weighted by Crippen LogP contribution is 2.24. The molecule has 2 rings (SSSR count). The van der Waals surface area contributed by atoms with Gasteiger partial charge in [-0.05, 0) is 66.6 Å². The first-order valence-corrected chi connectivity index (χ1v) is 7.21. The molecule has 0 spiro atoms. The molecule has 2 aromatic carbocycles. The third-order valence-electron chi connectivity index (χ3n) is 3.66. The van der Waals surface area contributed by atoms with Crippen molar-refractivity contribution in [1.29, 1.82) is 0 Å². The maximum Gasteiger partial charge on any atom is 0.0410 e. The number of rotatable bonds is 5. The molecular weight excluding hydrogens is 266 g/mol. The van der Waals surface area contributed by atoms with Gasteiger partial charge in [-0.1, -0.05) is 35.9 Å². The van der Waals surface area contributed by atoms with Crippen molar-refractivity contribution in [1.82, 2.24) is 0 Å². The SMILES string of the molecule is C=CCCc1cccc(Cc2cc(Cl)ccc2N)c1C. The van der Waals surface area contributed by atoms with Gasteiger partial charge >= 0.3 is 0 Å². The Bertz CT molecular complexity index is 617. The topological polar surface area (TPSA) is 26.0 Å². The second-order valence-corrected chi connectivity index (χ2v) is 5.48. The van der Waals surface area contributed by atoms with Crippen LogP contribution in [0.3, 0.4) is 0 Å². The predicted molar refractivity (Wildman–Crippen MR) is 88.4 cm³/mol. The van der Waals surface area contributed by atoms with Gasteiger partial charge in [-0.25, -0.2) is 0 Å². The van der Waals surface area contributed by atoms with E-state index in [2.05, 4.69) is 31.7 Å². The first kappa shape index (κ1) is 14.7. The molecule has 0 atom stereocenters. The molecule has 0 radical (unpaired) electrons. The Morgan fingerprint density at radius 3 is 2.65 bits per heavy atom. The van der Waals surface area contributed by atoms with Gasteiger partial charge in [0, 0.05) is 10.7 Å². The van der Waals surface area contributed by atoms with Gasteiger partial charge in [-0.2, -0.15) is 0 Å². The van der Waals surface area contributed by atoms with Crippen LogP contribution >= 0.6 is 11.6 Å². The first-order valence-electron chi connectivity index (χ1n) is 6.84. The Balaban J connectivity index is 2.29. The fraction of sp³-hybridized carbons (Fsp3) is 0.222. The zero-order valence-electron chi connectivity index (χ0n) is 11.8. The smallest absolute Gasteiger partial charge is 0.0410 e. The van der Waals surface area contributed by atoms with E-state index in [4.69, 9.17) is 17.3 Å². The number of halogens is 1. The fourth-order valence-electron chi connectivity index (χ4n) is 2.39. The van der Waals surface area contributed by atoms with Crippen LogP contribution in [0.1, 0.15) is 28.7 Å². The molecule has 20 heavy (non-hydrogen) atoms. The molecule has 0 bridgehead atoms. The number of aryl methyl sites for hydroxylation is 1. The summed E-state index contributed by atoms with van der Waals surface area (Å²) in [6.45, 7) is 5.96. The van der Waals surface area contributed by atoms with Gasteiger partial charge in [-0.15, -0.1) is 6.58 Å². The van der Waals surface area contributed by atoms with Crippen LogP contribution in [0.5, 0.6) is 0 Å². The van der Waals surface area contributed by atoms with Gasteiger partial charge in [0.2, 0.25) is 0 Å². The molecule has 0 saturated carbocycles. The van der Waals surface area contributed by atoms with Crippen molar-refractivity contribution in [2.45, 2.75) is 26.2 Å². The van der Waals surface area contributed by atoms with Gasteiger partial charge in [0.1, 0.15) is 0 Å². The van der Waals surface area contributed by atoms with Crippen molar-refractivity contribution < 1.29 is 0 Å². The van der Waals surface area contributed by atoms with Crippen molar-refractivity contribution >= 4 is 17.3 Å². The third kappa shape index (κ3) is 3.43. The average Bonchev–Trinajstić information content (AvgIpc) is 2.44. The zero-order chi connectivity index (χ0) is 14.5. The summed E-state index contributed by atoms with van der Waals surface area (Å²) in [7, 11) is 0. The summed E-state index contributed by atoms with van der Waals surface area (Å²) in [4.78, 5) is 0. The van der Waals surface area contributed by atoms with E-state index in [1.54, 1.807) is 0 Å². The van der Waals surface area contributed by atoms with Crippen LogP contribution in [0.25, 0.3) is 0 Å². The van der Waals surface area contributed by atoms with E-state index in [9.17, 15) is 0 Å². The lowest BCUT2D eigenvalue weighted by Crippen LogP contribution is -2.00. The molecule has 104 valence electrons. The van der Waals surface area contributed by atoms with Gasteiger partial charge in [0.25, 0.3) is 0 Å². The van der Waals surface area contributed by atoms with Crippen molar-refractivity contribution in [2.75, 3.05) is 5.73 Å². The third-order valence-corrected chi connectivity index (χ3v) is 3.90. The minimum atomic E-state index is 0.731. The minimum Gasteiger partial charge on any atom is -0.398 e. The monoisotopic (exact) mass is 285 g/mol. The van der Waals surface area contributed by atoms with Crippen LogP contribution in [0.15, 0.2) is 49.1 Å². The number of allylic oxidation sites excluding steroid dienone is 1. The molecule has 2 aromatic rings. The molecule has 0 fully saturated rings. The Labute approximate surface area is 126 Å². The molecule has 0 aromatic heterocycles. The summed E-state index contributed by atoms with van der Waals surface area (Å²) in [6.07, 6.45) is 4.82. The van der Waals surface area contributed by atoms with Crippen molar-refractivity contribution in [3.63, 3.8) is 0 Å². The number of hydrogen-bond acceptors (Lipinski definition) is 1. The van der Waals surface area contributed by atoms with Gasteiger partial charge < -0.3 is 5.73 Å². The molecule has 0 saturated heterocycles. The van der Waals surface area contributed by atoms with E-state index in [0.29, 0.717) is 0 Å². The first-order chi connectivity index (χ1) is 9.61. The van der Waals surface area contributed by atoms with E-state index in [1.807, 2.05) is 24.3 Å². The highest BCUT2D eigenvalue weighted by molar-refractivity contribution is 6.30. The lowest BCUT2D eigenvalue weighted by Gasteiger charge is -2.12. The van der Waals surface area contributed by atoms with Crippen LogP contribution in [-0.4, -0.2) is 0 Å². The van der Waals surface area contributed by atoms with E-state index in [1.165, 1.54) is 16.7 Å². The van der Waals surface area contributed by atoms with E-state index >= 15 is 0 Å². The van der Waals surface area contributed by atoms with Crippen LogP contribution in [0.4, 0.5) is 5.69 Å². The lowest BCUT2D eigenvalue weighted by atomic mass is 9.94. The van der Waals surface area contributed by atoms with Crippen LogP contribution in [-0.2, 0) is 12.8 Å². The summed E-state index contributed by atoms with van der Waals surface area (Å²) in [5, 5.41) is 0.731. The molecule has 0 heterocycles. The van der Waals surface area contributed by atoms with Crippen molar-refractivity contribution in [3.8, 4) is 0 Å². The molecule has 0 amide bonds. The quantitative estimate of drug-likeness (QED) is 0.611. The zero-order valence-corrected chi connectivity index (χ0v) is 12.6. The van der Waals surface area contributed by atoms with Crippen LogP contribution in [0, 0.1) is 6.92 Å². The Kier molecular flexibility index (Phi) is 4.86. The highest BCUT2D eigenvalue weighted by Gasteiger charge is 2.07. The Morgan fingerprint density at radius 2 is 1.90 bits per heavy atom. The summed E-state index contributed by atoms with van der Waals surface area (Å²) in [5.74, 6) is 0. The van der Waals surface area contributed by atoms with Gasteiger partial charge in [0.05, 0.1) is 0 Å². The maximum absolute atomic E-state index is 6.06. The molecule has 0 aliphatic carbocycles. The molecule has 1 nitrogen and oxygen atoms in total. The van der Waals surface area contributed by atoms with E-state index in [-0.39, 0.29) is 0 Å². The number of hydrogen-bond donors (Lipinski definition) is 1. The molecule has 0 aliphatic rings. The van der Waals surface area contributed by atoms with E-state index in [0.717, 1.165) is 35.5 Å². The summed E-state index contributed by atoms with van der Waals surface area (Å²) < 4.78 is 0. The van der Waals surface area contributed by atoms with Crippen molar-refractivity contribution in [2.24, 2.45) is 0 Å². The summed E-state index contributed by atoms with van der Waals surface area (Å²) in [5.41, 5.74) is 11.9. The summed E-state index contributed by atoms with van der Waals surface area (Å²) in [6, 6.07) is 12.1. The average molecular weight is 286 g/mol. The summed E-state index contributed by atoms with van der Waals surface area (Å²) >= 11 is 6.06. The largest absolute Gasteiger partial charge is 0.398 e. The molecule has 0 aliphatic heterocycles. The number of nitrogens with two attached hydrogens (primary N) is 1. The van der Waals surface area contributed by atoms with E-state index < -0.39 is 0 Å². The normalized spacial score (nSPS) is 10.5. The van der Waals surface area contributed by atoms with Crippen LogP contribution < -0.4 is 5.73 Å². The highest BCUT2D eigenvalue weighted by atomic mass is 35.5. The predicted octanol–water partition coefficient (Wildman–Crippen LogP) is 4.94. The Hall–Kier alpha value is -1.73. The number of benzene rings is 2. The standard InChI is InChI=1S/C18H20ClN/c1-3-4-6-14-7-5-8-15(13(14)2)11-16-12-17(19)9-10-18(16)20/h3,5,7-10,12H,1,4,6,11,20H2,2H3. The van der Waals surface area contributed by atoms with Crippen LogP contribution in [0.2, 0.25) is 5.02 Å². The molecule has 2 N–H and O–H groups in total. The Morgan fingerprint density at radius 1 is 1.15 bits per heavy atom. The lowest BCUT2D eigenvalue weighted by molar-refractivity contribution is 0.977. The minimum absolute atomic E-state index is 0.731. The second kappa shape index (κ2) is 6.62. The van der Waals surface area contributed by atoms with Gasteiger partial charge in [0.15, 0.2) is 0 Å². The second-order valence-electron chi connectivity index (χ2n) is 5.05.